The van der Waals surface area contributed by atoms with Gasteiger partial charge in [0, 0.05) is 23.3 Å². The van der Waals surface area contributed by atoms with Gasteiger partial charge in [0.15, 0.2) is 0 Å². The number of hydrogen-bond donors (Lipinski definition) is 2. The fourth-order valence-electron chi connectivity index (χ4n) is 7.29. The lowest BCUT2D eigenvalue weighted by atomic mass is 9.41. The molecule has 2 nitrogen and oxygen atoms in total. The Morgan fingerprint density at radius 2 is 1.62 bits per heavy atom. The summed E-state index contributed by atoms with van der Waals surface area (Å²) in [5, 5.41) is 3.66. The molecule has 158 valence electrons. The molecule has 5 heteroatoms. The largest absolute Gasteiger partial charge is 0.376 e. The number of rotatable bonds is 4. The van der Waals surface area contributed by atoms with Gasteiger partial charge >= 0.3 is 0 Å². The van der Waals surface area contributed by atoms with Crippen LogP contribution < -0.4 is 11.1 Å². The molecule has 3 N–H and O–H groups in total. The number of nitrogens with one attached hydrogen (secondary N) is 1. The highest BCUT2D eigenvalue weighted by molar-refractivity contribution is 7.80. The molecule has 0 heterocycles. The molecule has 5 saturated carbocycles. The van der Waals surface area contributed by atoms with Crippen LogP contribution in [0.3, 0.4) is 0 Å². The van der Waals surface area contributed by atoms with Gasteiger partial charge in [-0.3, -0.25) is 0 Å². The summed E-state index contributed by atoms with van der Waals surface area (Å²) in [4.78, 5) is 0.874. The molecule has 0 spiro atoms. The first-order valence-electron chi connectivity index (χ1n) is 11.3. The summed E-state index contributed by atoms with van der Waals surface area (Å²) in [7, 11) is 0. The van der Waals surface area contributed by atoms with E-state index in [0.29, 0.717) is 37.6 Å². The van der Waals surface area contributed by atoms with Crippen LogP contribution in [-0.2, 0) is 5.41 Å². The third kappa shape index (κ3) is 3.15. The molecule has 5 fully saturated rings. The topological polar surface area (TPSA) is 38.0 Å². The van der Waals surface area contributed by atoms with Crippen molar-refractivity contribution in [1.29, 1.82) is 0 Å². The molecule has 0 aromatic heterocycles. The Bertz CT molecular complexity index is 754. The van der Waals surface area contributed by atoms with E-state index in [1.165, 1.54) is 5.56 Å². The molecule has 2 atom stereocenters. The Morgan fingerprint density at radius 3 is 2.21 bits per heavy atom. The highest BCUT2D eigenvalue weighted by Crippen LogP contribution is 2.70. The third-order valence-corrected chi connectivity index (χ3v) is 9.25. The lowest BCUT2D eigenvalue weighted by Crippen LogP contribution is -2.65. The van der Waals surface area contributed by atoms with Crippen LogP contribution in [0.2, 0.25) is 0 Å². The van der Waals surface area contributed by atoms with Gasteiger partial charge in [0.2, 0.25) is 0 Å². The van der Waals surface area contributed by atoms with E-state index in [0.717, 1.165) is 43.6 Å². The van der Waals surface area contributed by atoms with Crippen molar-refractivity contribution in [3.63, 3.8) is 0 Å². The molecule has 5 aliphatic carbocycles. The van der Waals surface area contributed by atoms with Crippen LogP contribution in [-0.4, -0.2) is 23.5 Å². The van der Waals surface area contributed by atoms with Crippen LogP contribution in [0, 0.1) is 23.2 Å². The highest BCUT2D eigenvalue weighted by Gasteiger charge is 2.69. The van der Waals surface area contributed by atoms with E-state index < -0.39 is 17.8 Å². The first-order valence-corrected chi connectivity index (χ1v) is 11.7. The number of halogens is 2. The van der Waals surface area contributed by atoms with Crippen molar-refractivity contribution in [2.75, 3.05) is 6.54 Å². The summed E-state index contributed by atoms with van der Waals surface area (Å²) < 4.78 is 30.2. The average Bonchev–Trinajstić information content (AvgIpc) is 2.73. The van der Waals surface area contributed by atoms with E-state index in [2.05, 4.69) is 17.4 Å². The summed E-state index contributed by atoms with van der Waals surface area (Å²) in [6, 6.07) is 10.8. The van der Waals surface area contributed by atoms with Crippen molar-refractivity contribution in [1.82, 2.24) is 5.32 Å². The minimum absolute atomic E-state index is 0.141. The maximum absolute atomic E-state index is 15.1. The quantitative estimate of drug-likeness (QED) is 0.660. The van der Waals surface area contributed by atoms with Crippen LogP contribution in [0.25, 0.3) is 0 Å². The van der Waals surface area contributed by atoms with E-state index in [9.17, 15) is 0 Å². The second kappa shape index (κ2) is 6.98. The maximum atomic E-state index is 15.1. The predicted octanol–water partition coefficient (Wildman–Crippen LogP) is 5.20. The standard InChI is InChI=1S/C24H32F2N2S/c25-24(26)18-10-22(17-4-2-1-3-5-17)11-19(24)13-23(12-18,15-22)21(29)28-20-8-6-16(14-27)7-9-20/h1-5,16,18-20H,6-15,27H2,(H,28,29)/t16-,18?,19?,20-,22?,23?. The van der Waals surface area contributed by atoms with Gasteiger partial charge in [0.05, 0.1) is 4.99 Å². The first kappa shape index (κ1) is 19.9. The fraction of sp³-hybridized carbons (Fsp3) is 0.708. The fourth-order valence-corrected chi connectivity index (χ4v) is 7.69. The van der Waals surface area contributed by atoms with Crippen molar-refractivity contribution >= 4 is 17.2 Å². The Labute approximate surface area is 178 Å². The summed E-state index contributed by atoms with van der Waals surface area (Å²) in [6.45, 7) is 0.763. The summed E-state index contributed by atoms with van der Waals surface area (Å²) in [6.07, 6.45) is 7.69. The molecular weight excluding hydrogens is 386 g/mol. The van der Waals surface area contributed by atoms with Crippen molar-refractivity contribution in [2.24, 2.45) is 28.9 Å². The predicted molar refractivity (Wildman–Crippen MR) is 116 cm³/mol. The van der Waals surface area contributed by atoms with Gasteiger partial charge in [-0.05, 0) is 81.2 Å². The van der Waals surface area contributed by atoms with Gasteiger partial charge in [-0.25, -0.2) is 8.78 Å². The Balaban J connectivity index is 1.41. The van der Waals surface area contributed by atoms with Crippen molar-refractivity contribution in [3.05, 3.63) is 35.9 Å². The molecule has 0 aliphatic heterocycles. The zero-order chi connectivity index (χ0) is 20.3. The zero-order valence-electron chi connectivity index (χ0n) is 17.0. The molecule has 0 radical (unpaired) electrons. The van der Waals surface area contributed by atoms with E-state index in [1.807, 2.05) is 18.2 Å². The molecule has 5 aliphatic rings. The molecule has 6 rings (SSSR count). The van der Waals surface area contributed by atoms with Crippen LogP contribution in [0.15, 0.2) is 30.3 Å². The highest BCUT2D eigenvalue weighted by atomic mass is 32.1. The van der Waals surface area contributed by atoms with Crippen molar-refractivity contribution < 1.29 is 8.78 Å². The average molecular weight is 419 g/mol. The van der Waals surface area contributed by atoms with E-state index in [4.69, 9.17) is 18.0 Å². The van der Waals surface area contributed by atoms with Gasteiger partial charge in [0.1, 0.15) is 0 Å². The lowest BCUT2D eigenvalue weighted by Gasteiger charge is -2.64. The smallest absolute Gasteiger partial charge is 0.253 e. The second-order valence-electron chi connectivity index (χ2n) is 10.4. The number of hydrogen-bond acceptors (Lipinski definition) is 2. The van der Waals surface area contributed by atoms with Crippen LogP contribution in [0.1, 0.15) is 63.4 Å². The first-order chi connectivity index (χ1) is 13.9. The summed E-state index contributed by atoms with van der Waals surface area (Å²) in [5.41, 5.74) is 6.67. The van der Waals surface area contributed by atoms with Gasteiger partial charge in [-0.15, -0.1) is 0 Å². The van der Waals surface area contributed by atoms with E-state index in [1.54, 1.807) is 0 Å². The Kier molecular flexibility index (Phi) is 4.78. The molecular formula is C24H32F2N2S. The van der Waals surface area contributed by atoms with Crippen LogP contribution >= 0.6 is 12.2 Å². The monoisotopic (exact) mass is 418 g/mol. The minimum atomic E-state index is -2.54. The van der Waals surface area contributed by atoms with Gasteiger partial charge in [-0.2, -0.15) is 0 Å². The third-order valence-electron chi connectivity index (χ3n) is 8.70. The molecule has 1 aromatic rings. The second-order valence-corrected chi connectivity index (χ2v) is 10.8. The normalized spacial score (nSPS) is 42.6. The molecule has 1 aromatic carbocycles. The molecule has 2 unspecified atom stereocenters. The Morgan fingerprint density at radius 1 is 1.00 bits per heavy atom. The lowest BCUT2D eigenvalue weighted by molar-refractivity contribution is -0.220. The minimum Gasteiger partial charge on any atom is -0.376 e. The molecule has 0 amide bonds. The number of nitrogens with two attached hydrogens (primary N) is 1. The number of alkyl halides is 2. The molecule has 29 heavy (non-hydrogen) atoms. The zero-order valence-corrected chi connectivity index (χ0v) is 17.8. The van der Waals surface area contributed by atoms with Gasteiger partial charge in [0.25, 0.3) is 5.92 Å². The maximum Gasteiger partial charge on any atom is 0.253 e. The van der Waals surface area contributed by atoms with Gasteiger partial charge < -0.3 is 11.1 Å². The SMILES string of the molecule is NC[C@H]1CC[C@H](NC(=S)C23CC4CC(c5ccccc5)(CC(C2)C4(F)F)C3)CC1. The summed E-state index contributed by atoms with van der Waals surface area (Å²) in [5.74, 6) is -3.01. The van der Waals surface area contributed by atoms with Crippen molar-refractivity contribution in [2.45, 2.75) is 75.2 Å². The van der Waals surface area contributed by atoms with Crippen LogP contribution in [0.4, 0.5) is 8.78 Å². The number of benzene rings is 1. The van der Waals surface area contributed by atoms with Gasteiger partial charge in [-0.1, -0.05) is 42.5 Å². The van der Waals surface area contributed by atoms with Crippen LogP contribution in [0.5, 0.6) is 0 Å². The van der Waals surface area contributed by atoms with E-state index >= 15 is 8.78 Å². The molecule has 4 bridgehead atoms. The summed E-state index contributed by atoms with van der Waals surface area (Å²) >= 11 is 5.98. The number of thiocarbonyl (C=S) groups is 1. The Hall–Kier alpha value is -1.07. The van der Waals surface area contributed by atoms with E-state index in [-0.39, 0.29) is 10.8 Å². The molecule has 0 saturated heterocycles. The van der Waals surface area contributed by atoms with Crippen molar-refractivity contribution in [3.8, 4) is 0 Å².